The standard InChI is InChI=1S/C17H20N4O2S/c22-15(20-17(23)18-11-7-8-11)10-21-9-3-5-13(21)16-19-12-4-1-2-6-14(12)24-16/h1-2,4,6,11,13H,3,5,7-10H2,(H2,18,20,22,23)/p+1/t13-/m0/s1. The van der Waals surface area contributed by atoms with Gasteiger partial charge in [0.2, 0.25) is 0 Å². The Bertz CT molecular complexity index is 738. The van der Waals surface area contributed by atoms with E-state index in [0.29, 0.717) is 6.54 Å². The molecular formula is C17H21N4O2S+. The molecule has 3 N–H and O–H groups in total. The second-order valence-corrected chi connectivity index (χ2v) is 7.66. The fourth-order valence-electron chi connectivity index (χ4n) is 3.29. The molecule has 0 bridgehead atoms. The van der Waals surface area contributed by atoms with Gasteiger partial charge >= 0.3 is 6.03 Å². The zero-order valence-electron chi connectivity index (χ0n) is 13.4. The average Bonchev–Trinajstić information content (AvgIpc) is 3.09. The highest BCUT2D eigenvalue weighted by Crippen LogP contribution is 2.28. The number of urea groups is 1. The van der Waals surface area contributed by atoms with E-state index in [1.807, 2.05) is 18.2 Å². The number of thiazole rings is 1. The lowest BCUT2D eigenvalue weighted by Gasteiger charge is -2.19. The minimum Gasteiger partial charge on any atom is -0.335 e. The van der Waals surface area contributed by atoms with Crippen LogP contribution in [-0.2, 0) is 4.79 Å². The first-order chi connectivity index (χ1) is 11.7. The summed E-state index contributed by atoms with van der Waals surface area (Å²) in [5.74, 6) is -0.212. The number of likely N-dealkylation sites (tertiary alicyclic amines) is 1. The number of carbonyl (C=O) groups excluding carboxylic acids is 2. The summed E-state index contributed by atoms with van der Waals surface area (Å²) in [7, 11) is 0. The van der Waals surface area contributed by atoms with Crippen LogP contribution < -0.4 is 15.5 Å². The fraction of sp³-hybridized carbons (Fsp3) is 0.471. The average molecular weight is 345 g/mol. The zero-order valence-corrected chi connectivity index (χ0v) is 14.2. The molecule has 1 saturated heterocycles. The lowest BCUT2D eigenvalue weighted by molar-refractivity contribution is -0.910. The van der Waals surface area contributed by atoms with Gasteiger partial charge in [-0.05, 0) is 25.0 Å². The molecule has 7 heteroatoms. The van der Waals surface area contributed by atoms with Crippen molar-refractivity contribution in [2.24, 2.45) is 0 Å². The molecule has 1 aromatic heterocycles. The van der Waals surface area contributed by atoms with E-state index < -0.39 is 0 Å². The molecule has 1 unspecified atom stereocenters. The Morgan fingerprint density at radius 2 is 2.08 bits per heavy atom. The van der Waals surface area contributed by atoms with E-state index in [4.69, 9.17) is 4.98 Å². The van der Waals surface area contributed by atoms with Gasteiger partial charge in [0.05, 0.1) is 16.8 Å². The monoisotopic (exact) mass is 345 g/mol. The van der Waals surface area contributed by atoms with Gasteiger partial charge in [0.25, 0.3) is 5.91 Å². The number of fused-ring (bicyclic) bond motifs is 1. The van der Waals surface area contributed by atoms with Crippen LogP contribution in [0.2, 0.25) is 0 Å². The van der Waals surface area contributed by atoms with Crippen molar-refractivity contribution in [3.05, 3.63) is 29.3 Å². The number of rotatable bonds is 4. The van der Waals surface area contributed by atoms with Gasteiger partial charge < -0.3 is 10.2 Å². The first-order valence-electron chi connectivity index (χ1n) is 8.49. The number of hydrogen-bond donors (Lipinski definition) is 3. The van der Waals surface area contributed by atoms with Crippen molar-refractivity contribution in [3.63, 3.8) is 0 Å². The molecule has 2 fully saturated rings. The van der Waals surface area contributed by atoms with Crippen LogP contribution in [0, 0.1) is 0 Å². The number of hydrogen-bond acceptors (Lipinski definition) is 4. The Kier molecular flexibility index (Phi) is 4.20. The zero-order chi connectivity index (χ0) is 16.5. The van der Waals surface area contributed by atoms with Crippen LogP contribution in [0.25, 0.3) is 10.2 Å². The number of nitrogens with zero attached hydrogens (tertiary/aromatic N) is 1. The molecule has 0 radical (unpaired) electrons. The SMILES string of the molecule is O=C(C[NH+]1CCC[C@H]1c1nc2ccccc2s1)NC(=O)NC1CC1. The number of quaternary nitrogens is 1. The van der Waals surface area contributed by atoms with Crippen molar-refractivity contribution in [2.75, 3.05) is 13.1 Å². The van der Waals surface area contributed by atoms with Gasteiger partial charge in [0.15, 0.2) is 11.6 Å². The Morgan fingerprint density at radius 3 is 2.88 bits per heavy atom. The van der Waals surface area contributed by atoms with E-state index >= 15 is 0 Å². The van der Waals surface area contributed by atoms with Crippen molar-refractivity contribution < 1.29 is 14.5 Å². The molecule has 2 aromatic rings. The maximum absolute atomic E-state index is 12.2. The molecule has 4 rings (SSSR count). The summed E-state index contributed by atoms with van der Waals surface area (Å²) in [6.45, 7) is 1.26. The van der Waals surface area contributed by atoms with E-state index in [2.05, 4.69) is 16.7 Å². The van der Waals surface area contributed by atoms with Gasteiger partial charge in [-0.25, -0.2) is 9.78 Å². The minimum absolute atomic E-state index is 0.212. The largest absolute Gasteiger partial charge is 0.335 e. The van der Waals surface area contributed by atoms with E-state index in [1.165, 1.54) is 9.60 Å². The van der Waals surface area contributed by atoms with E-state index in [0.717, 1.165) is 42.8 Å². The van der Waals surface area contributed by atoms with Crippen LogP contribution in [0.5, 0.6) is 0 Å². The molecule has 1 saturated carbocycles. The molecular weight excluding hydrogens is 324 g/mol. The van der Waals surface area contributed by atoms with Crippen LogP contribution in [0.4, 0.5) is 4.79 Å². The van der Waals surface area contributed by atoms with E-state index in [1.54, 1.807) is 11.3 Å². The number of imide groups is 1. The normalized spacial score (nSPS) is 23.3. The Hall–Kier alpha value is -1.99. The number of benzene rings is 1. The Balaban J connectivity index is 1.40. The molecule has 126 valence electrons. The van der Waals surface area contributed by atoms with Crippen molar-refractivity contribution in [1.29, 1.82) is 0 Å². The van der Waals surface area contributed by atoms with Crippen molar-refractivity contribution in [3.8, 4) is 0 Å². The molecule has 1 aliphatic carbocycles. The molecule has 3 amide bonds. The molecule has 6 nitrogen and oxygen atoms in total. The first kappa shape index (κ1) is 15.5. The van der Waals surface area contributed by atoms with Gasteiger partial charge in [0.1, 0.15) is 6.04 Å². The lowest BCUT2D eigenvalue weighted by atomic mass is 10.2. The molecule has 1 aliphatic heterocycles. The van der Waals surface area contributed by atoms with Crippen LogP contribution in [0.1, 0.15) is 36.7 Å². The second kappa shape index (κ2) is 6.49. The summed E-state index contributed by atoms with van der Waals surface area (Å²) in [6, 6.07) is 8.27. The summed E-state index contributed by atoms with van der Waals surface area (Å²) < 4.78 is 1.19. The third-order valence-electron chi connectivity index (χ3n) is 4.65. The first-order valence-corrected chi connectivity index (χ1v) is 9.31. The van der Waals surface area contributed by atoms with E-state index in [9.17, 15) is 9.59 Å². The quantitative estimate of drug-likeness (QED) is 0.774. The molecule has 1 aromatic carbocycles. The fourth-order valence-corrected chi connectivity index (χ4v) is 4.45. The summed E-state index contributed by atoms with van der Waals surface area (Å²) in [5.41, 5.74) is 1.03. The Labute approximate surface area is 144 Å². The third-order valence-corrected chi connectivity index (χ3v) is 5.80. The van der Waals surface area contributed by atoms with Gasteiger partial charge in [0, 0.05) is 18.9 Å². The maximum Gasteiger partial charge on any atom is 0.321 e. The number of carbonyl (C=O) groups is 2. The lowest BCUT2D eigenvalue weighted by Crippen LogP contribution is -3.11. The molecule has 24 heavy (non-hydrogen) atoms. The van der Waals surface area contributed by atoms with Crippen molar-refractivity contribution >= 4 is 33.5 Å². The van der Waals surface area contributed by atoms with Gasteiger partial charge in [-0.1, -0.05) is 12.1 Å². The summed E-state index contributed by atoms with van der Waals surface area (Å²) in [5, 5.41) is 6.33. The topological polar surface area (TPSA) is 75.5 Å². The number of amides is 3. The third kappa shape index (κ3) is 3.42. The van der Waals surface area contributed by atoms with Crippen LogP contribution in [-0.4, -0.2) is 36.1 Å². The van der Waals surface area contributed by atoms with Crippen LogP contribution in [0.3, 0.4) is 0 Å². The maximum atomic E-state index is 12.2. The number of nitrogens with one attached hydrogen (secondary N) is 3. The molecule has 2 heterocycles. The Morgan fingerprint density at radius 1 is 1.25 bits per heavy atom. The summed E-state index contributed by atoms with van der Waals surface area (Å²) in [6.07, 6.45) is 4.14. The van der Waals surface area contributed by atoms with Crippen LogP contribution >= 0.6 is 11.3 Å². The molecule has 2 atom stereocenters. The summed E-state index contributed by atoms with van der Waals surface area (Å²) in [4.78, 5) is 29.8. The number of para-hydroxylation sites is 1. The van der Waals surface area contributed by atoms with Crippen molar-refractivity contribution in [2.45, 2.75) is 37.8 Å². The smallest absolute Gasteiger partial charge is 0.321 e. The molecule has 0 spiro atoms. The highest BCUT2D eigenvalue weighted by molar-refractivity contribution is 7.18. The predicted molar refractivity (Wildman–Crippen MR) is 92.0 cm³/mol. The predicted octanol–water partition coefficient (Wildman–Crippen LogP) is 1.00. The van der Waals surface area contributed by atoms with Gasteiger partial charge in [-0.2, -0.15) is 0 Å². The highest BCUT2D eigenvalue weighted by Gasteiger charge is 2.34. The number of aromatic nitrogens is 1. The van der Waals surface area contributed by atoms with Crippen molar-refractivity contribution in [1.82, 2.24) is 15.6 Å². The van der Waals surface area contributed by atoms with E-state index in [-0.39, 0.29) is 24.0 Å². The van der Waals surface area contributed by atoms with Gasteiger partial charge in [-0.15, -0.1) is 11.3 Å². The van der Waals surface area contributed by atoms with Crippen LogP contribution in [0.15, 0.2) is 24.3 Å². The summed E-state index contributed by atoms with van der Waals surface area (Å²) >= 11 is 1.71. The highest BCUT2D eigenvalue weighted by atomic mass is 32.1. The molecule has 2 aliphatic rings. The van der Waals surface area contributed by atoms with Gasteiger partial charge in [-0.3, -0.25) is 10.1 Å². The minimum atomic E-state index is -0.363. The second-order valence-electron chi connectivity index (χ2n) is 6.60.